The highest BCUT2D eigenvalue weighted by atomic mass is 35.5. The number of carbonyl (C=O) groups is 1. The molecule has 1 aliphatic carbocycles. The SMILES string of the molecule is COC(=O)CC1(CSc2nc(Cl)nc(N(C)C)n2)CC1. The summed E-state index contributed by atoms with van der Waals surface area (Å²) in [6.07, 6.45) is 2.53. The van der Waals surface area contributed by atoms with E-state index in [1.807, 2.05) is 14.1 Å². The minimum Gasteiger partial charge on any atom is -0.469 e. The molecular weight excluding hydrogens is 300 g/mol. The van der Waals surface area contributed by atoms with Crippen LogP contribution in [0.1, 0.15) is 19.3 Å². The molecule has 20 heavy (non-hydrogen) atoms. The average molecular weight is 317 g/mol. The van der Waals surface area contributed by atoms with Crippen LogP contribution in [0.4, 0.5) is 5.95 Å². The van der Waals surface area contributed by atoms with E-state index in [4.69, 9.17) is 16.3 Å². The van der Waals surface area contributed by atoms with Crippen LogP contribution >= 0.6 is 23.4 Å². The van der Waals surface area contributed by atoms with Gasteiger partial charge in [0, 0.05) is 19.8 Å². The second-order valence-corrected chi connectivity index (χ2v) is 6.40. The number of rotatable bonds is 6. The van der Waals surface area contributed by atoms with Gasteiger partial charge in [0.05, 0.1) is 13.5 Å². The minimum absolute atomic E-state index is 0.0369. The molecule has 0 amide bonds. The molecule has 2 rings (SSSR count). The van der Waals surface area contributed by atoms with Crippen molar-refractivity contribution in [1.82, 2.24) is 15.0 Å². The molecule has 1 aliphatic rings. The van der Waals surface area contributed by atoms with Crippen molar-refractivity contribution >= 4 is 35.3 Å². The molecular formula is C12H17ClN4O2S. The normalized spacial score (nSPS) is 15.8. The van der Waals surface area contributed by atoms with Crippen LogP contribution in [0.25, 0.3) is 0 Å². The second-order valence-electron chi connectivity index (χ2n) is 5.12. The van der Waals surface area contributed by atoms with Crippen molar-refractivity contribution in [3.8, 4) is 0 Å². The van der Waals surface area contributed by atoms with Crippen LogP contribution in [0.5, 0.6) is 0 Å². The maximum absolute atomic E-state index is 11.4. The predicted molar refractivity (Wildman–Crippen MR) is 78.2 cm³/mol. The molecule has 0 radical (unpaired) electrons. The first kappa shape index (κ1) is 15.3. The van der Waals surface area contributed by atoms with Gasteiger partial charge in [-0.2, -0.15) is 15.0 Å². The zero-order chi connectivity index (χ0) is 14.8. The molecule has 1 aromatic rings. The summed E-state index contributed by atoms with van der Waals surface area (Å²) < 4.78 is 4.73. The van der Waals surface area contributed by atoms with E-state index in [0.29, 0.717) is 17.5 Å². The number of ether oxygens (including phenoxy) is 1. The van der Waals surface area contributed by atoms with Gasteiger partial charge < -0.3 is 9.64 Å². The minimum atomic E-state index is -0.161. The van der Waals surface area contributed by atoms with Crippen LogP contribution in [0.3, 0.4) is 0 Å². The highest BCUT2D eigenvalue weighted by molar-refractivity contribution is 7.99. The lowest BCUT2D eigenvalue weighted by Crippen LogP contribution is -2.15. The van der Waals surface area contributed by atoms with Crippen LogP contribution < -0.4 is 4.90 Å². The lowest BCUT2D eigenvalue weighted by atomic mass is 10.1. The van der Waals surface area contributed by atoms with Crippen LogP contribution in [-0.2, 0) is 9.53 Å². The van der Waals surface area contributed by atoms with Gasteiger partial charge in [0.15, 0.2) is 5.16 Å². The van der Waals surface area contributed by atoms with Crippen molar-refractivity contribution in [2.45, 2.75) is 24.4 Å². The van der Waals surface area contributed by atoms with E-state index < -0.39 is 0 Å². The number of anilines is 1. The Kier molecular flexibility index (Phi) is 4.70. The Hall–Kier alpha value is -1.08. The fourth-order valence-electron chi connectivity index (χ4n) is 1.73. The summed E-state index contributed by atoms with van der Waals surface area (Å²) in [6.45, 7) is 0. The lowest BCUT2D eigenvalue weighted by molar-refractivity contribution is -0.141. The first-order valence-corrected chi connectivity index (χ1v) is 7.59. The molecule has 0 saturated heterocycles. The van der Waals surface area contributed by atoms with Crippen molar-refractivity contribution < 1.29 is 9.53 Å². The van der Waals surface area contributed by atoms with E-state index in [1.165, 1.54) is 18.9 Å². The Morgan fingerprint density at radius 2 is 2.10 bits per heavy atom. The fraction of sp³-hybridized carbons (Fsp3) is 0.667. The third kappa shape index (κ3) is 3.96. The van der Waals surface area contributed by atoms with Crippen molar-refractivity contribution in [3.05, 3.63) is 5.28 Å². The molecule has 1 aromatic heterocycles. The lowest BCUT2D eigenvalue weighted by Gasteiger charge is -2.14. The average Bonchev–Trinajstić information content (AvgIpc) is 3.16. The van der Waals surface area contributed by atoms with Crippen LogP contribution in [0.15, 0.2) is 5.16 Å². The molecule has 0 aliphatic heterocycles. The number of esters is 1. The quantitative estimate of drug-likeness (QED) is 0.587. The third-order valence-corrected chi connectivity index (χ3v) is 4.55. The summed E-state index contributed by atoms with van der Waals surface area (Å²) in [4.78, 5) is 25.6. The zero-order valence-corrected chi connectivity index (χ0v) is 13.3. The highest BCUT2D eigenvalue weighted by Crippen LogP contribution is 2.51. The second kappa shape index (κ2) is 6.13. The number of halogens is 1. The summed E-state index contributed by atoms with van der Waals surface area (Å²) in [5.74, 6) is 1.16. The summed E-state index contributed by atoms with van der Waals surface area (Å²) in [5, 5.41) is 0.772. The molecule has 0 N–H and O–H groups in total. The summed E-state index contributed by atoms with van der Waals surface area (Å²) >= 11 is 7.40. The van der Waals surface area contributed by atoms with Gasteiger partial charge in [-0.25, -0.2) is 0 Å². The Balaban J connectivity index is 1.99. The van der Waals surface area contributed by atoms with E-state index in [1.54, 1.807) is 4.90 Å². The Bertz CT molecular complexity index is 508. The van der Waals surface area contributed by atoms with Gasteiger partial charge in [0.2, 0.25) is 11.2 Å². The monoisotopic (exact) mass is 316 g/mol. The largest absolute Gasteiger partial charge is 0.469 e. The molecule has 1 fully saturated rings. The smallest absolute Gasteiger partial charge is 0.306 e. The Morgan fingerprint density at radius 3 is 2.65 bits per heavy atom. The number of hydrogen-bond donors (Lipinski definition) is 0. The molecule has 0 unspecified atom stereocenters. The summed E-state index contributed by atoms with van der Waals surface area (Å²) in [5.41, 5.74) is 0.0369. The maximum Gasteiger partial charge on any atom is 0.306 e. The van der Waals surface area contributed by atoms with E-state index in [0.717, 1.165) is 18.6 Å². The molecule has 6 nitrogen and oxygen atoms in total. The van der Waals surface area contributed by atoms with Gasteiger partial charge in [-0.15, -0.1) is 0 Å². The van der Waals surface area contributed by atoms with Crippen molar-refractivity contribution in [1.29, 1.82) is 0 Å². The number of nitrogens with zero attached hydrogens (tertiary/aromatic N) is 4. The molecule has 1 saturated carbocycles. The zero-order valence-electron chi connectivity index (χ0n) is 11.7. The fourth-order valence-corrected chi connectivity index (χ4v) is 3.06. The van der Waals surface area contributed by atoms with Gasteiger partial charge in [0.25, 0.3) is 0 Å². The number of carbonyl (C=O) groups excluding carboxylic acids is 1. The van der Waals surface area contributed by atoms with Crippen LogP contribution in [0.2, 0.25) is 5.28 Å². The molecule has 8 heteroatoms. The predicted octanol–water partition coefficient (Wildman–Crippen LogP) is 2.03. The first-order chi connectivity index (χ1) is 9.44. The van der Waals surface area contributed by atoms with E-state index in [9.17, 15) is 4.79 Å². The highest BCUT2D eigenvalue weighted by Gasteiger charge is 2.44. The first-order valence-electron chi connectivity index (χ1n) is 6.23. The molecule has 0 spiro atoms. The van der Waals surface area contributed by atoms with Crippen molar-refractivity contribution in [2.75, 3.05) is 31.9 Å². The number of hydrogen-bond acceptors (Lipinski definition) is 7. The number of thioether (sulfide) groups is 1. The van der Waals surface area contributed by atoms with E-state index in [-0.39, 0.29) is 16.7 Å². The Labute approximate surface area is 127 Å². The van der Waals surface area contributed by atoms with E-state index >= 15 is 0 Å². The third-order valence-electron chi connectivity index (χ3n) is 3.19. The standard InChI is InChI=1S/C12H17ClN4O2S/c1-17(2)10-14-9(13)15-11(16-10)20-7-12(4-5-12)6-8(18)19-3/h4-7H2,1-3H3. The van der Waals surface area contributed by atoms with Gasteiger partial charge in [0.1, 0.15) is 0 Å². The molecule has 110 valence electrons. The number of methoxy groups -OCH3 is 1. The molecule has 1 heterocycles. The van der Waals surface area contributed by atoms with Crippen LogP contribution in [0, 0.1) is 5.41 Å². The van der Waals surface area contributed by atoms with Crippen molar-refractivity contribution in [2.24, 2.45) is 5.41 Å². The molecule has 0 bridgehead atoms. The van der Waals surface area contributed by atoms with Gasteiger partial charge >= 0.3 is 5.97 Å². The van der Waals surface area contributed by atoms with Crippen molar-refractivity contribution in [3.63, 3.8) is 0 Å². The molecule has 0 atom stereocenters. The summed E-state index contributed by atoms with van der Waals surface area (Å²) in [6, 6.07) is 0. The molecule has 0 aromatic carbocycles. The maximum atomic E-state index is 11.4. The van der Waals surface area contributed by atoms with Crippen LogP contribution in [-0.4, -0.2) is 47.9 Å². The Morgan fingerprint density at radius 1 is 1.40 bits per heavy atom. The summed E-state index contributed by atoms with van der Waals surface area (Å²) in [7, 11) is 5.11. The number of aromatic nitrogens is 3. The van der Waals surface area contributed by atoms with E-state index in [2.05, 4.69) is 15.0 Å². The van der Waals surface area contributed by atoms with Gasteiger partial charge in [-0.3, -0.25) is 4.79 Å². The topological polar surface area (TPSA) is 68.2 Å². The van der Waals surface area contributed by atoms with Gasteiger partial charge in [-0.1, -0.05) is 11.8 Å². The van der Waals surface area contributed by atoms with Gasteiger partial charge in [-0.05, 0) is 29.9 Å².